The molecule has 0 fully saturated rings. The quantitative estimate of drug-likeness (QED) is 0.803. The van der Waals surface area contributed by atoms with Crippen LogP contribution < -0.4 is 10.6 Å². The fourth-order valence-electron chi connectivity index (χ4n) is 1.73. The third kappa shape index (κ3) is 4.68. The molecule has 0 aliphatic heterocycles. The summed E-state index contributed by atoms with van der Waals surface area (Å²) in [6.07, 6.45) is 1.26. The van der Waals surface area contributed by atoms with Crippen LogP contribution in [0.25, 0.3) is 0 Å². The van der Waals surface area contributed by atoms with Crippen LogP contribution >= 0.6 is 11.3 Å². The first-order valence-electron chi connectivity index (χ1n) is 6.76. The number of rotatable bonds is 6. The number of benzene rings is 1. The van der Waals surface area contributed by atoms with Gasteiger partial charge >= 0.3 is 6.03 Å². The van der Waals surface area contributed by atoms with Gasteiger partial charge in [-0.15, -0.1) is 11.3 Å². The monoisotopic (exact) mass is 303 g/mol. The molecule has 2 aromatic rings. The second-order valence-corrected chi connectivity index (χ2v) is 5.36. The van der Waals surface area contributed by atoms with Gasteiger partial charge in [-0.3, -0.25) is 10.1 Å². The minimum absolute atomic E-state index is 0.00601. The van der Waals surface area contributed by atoms with E-state index in [-0.39, 0.29) is 11.8 Å². The third-order valence-electron chi connectivity index (χ3n) is 2.78. The van der Waals surface area contributed by atoms with Crippen molar-refractivity contribution in [3.8, 4) is 0 Å². The standard InChI is InChI=1S/C15H17N3O2S/c1-2-6-13(19)12-10-21-15(17-12)18-14(20)16-9-11-7-4-3-5-8-11/h3-5,7-8,10H,2,6,9H2,1H3,(H2,16,17,18,20). The molecular formula is C15H17N3O2S. The zero-order valence-electron chi connectivity index (χ0n) is 11.8. The predicted molar refractivity (Wildman–Crippen MR) is 83.7 cm³/mol. The average molecular weight is 303 g/mol. The van der Waals surface area contributed by atoms with Gasteiger partial charge in [0.05, 0.1) is 0 Å². The number of hydrogen-bond donors (Lipinski definition) is 2. The number of nitrogens with zero attached hydrogens (tertiary/aromatic N) is 1. The molecule has 21 heavy (non-hydrogen) atoms. The summed E-state index contributed by atoms with van der Waals surface area (Å²) in [6.45, 7) is 2.39. The molecule has 1 aromatic carbocycles. The summed E-state index contributed by atoms with van der Waals surface area (Å²) in [5.74, 6) is 0.00601. The van der Waals surface area contributed by atoms with Gasteiger partial charge in [-0.2, -0.15) is 0 Å². The minimum atomic E-state index is -0.331. The Balaban J connectivity index is 1.84. The highest BCUT2D eigenvalue weighted by Crippen LogP contribution is 2.16. The van der Waals surface area contributed by atoms with Gasteiger partial charge in [-0.1, -0.05) is 37.3 Å². The highest BCUT2D eigenvalue weighted by atomic mass is 32.1. The molecule has 6 heteroatoms. The van der Waals surface area contributed by atoms with Crippen molar-refractivity contribution in [2.75, 3.05) is 5.32 Å². The van der Waals surface area contributed by atoms with E-state index in [2.05, 4.69) is 15.6 Å². The van der Waals surface area contributed by atoms with Crippen molar-refractivity contribution < 1.29 is 9.59 Å². The van der Waals surface area contributed by atoms with Gasteiger partial charge in [0.1, 0.15) is 5.69 Å². The number of urea groups is 1. The van der Waals surface area contributed by atoms with Crippen molar-refractivity contribution in [3.05, 3.63) is 47.0 Å². The molecule has 1 heterocycles. The van der Waals surface area contributed by atoms with Gasteiger partial charge in [0.15, 0.2) is 10.9 Å². The molecular weight excluding hydrogens is 286 g/mol. The second-order valence-electron chi connectivity index (χ2n) is 4.50. The number of amides is 2. The summed E-state index contributed by atoms with van der Waals surface area (Å²) in [5.41, 5.74) is 1.44. The van der Waals surface area contributed by atoms with Crippen LogP contribution in [0.1, 0.15) is 35.8 Å². The molecule has 0 aliphatic carbocycles. The Bertz CT molecular complexity index is 610. The first-order chi connectivity index (χ1) is 10.2. The van der Waals surface area contributed by atoms with Crippen LogP contribution in [0.15, 0.2) is 35.7 Å². The largest absolute Gasteiger partial charge is 0.334 e. The summed E-state index contributed by atoms with van der Waals surface area (Å²) >= 11 is 1.25. The molecule has 0 radical (unpaired) electrons. The zero-order chi connectivity index (χ0) is 15.1. The number of anilines is 1. The number of aromatic nitrogens is 1. The lowest BCUT2D eigenvalue weighted by atomic mass is 10.2. The Hall–Kier alpha value is -2.21. The van der Waals surface area contributed by atoms with Crippen molar-refractivity contribution >= 4 is 28.3 Å². The van der Waals surface area contributed by atoms with E-state index in [1.807, 2.05) is 37.3 Å². The topological polar surface area (TPSA) is 71.1 Å². The summed E-state index contributed by atoms with van der Waals surface area (Å²) in [7, 11) is 0. The summed E-state index contributed by atoms with van der Waals surface area (Å²) in [6, 6.07) is 9.30. The van der Waals surface area contributed by atoms with Gasteiger partial charge in [-0.05, 0) is 12.0 Å². The molecule has 5 nitrogen and oxygen atoms in total. The van der Waals surface area contributed by atoms with Crippen LogP contribution in [-0.2, 0) is 6.54 Å². The third-order valence-corrected chi connectivity index (χ3v) is 3.54. The number of carbonyl (C=O) groups excluding carboxylic acids is 2. The Labute approximate surface area is 127 Å². The average Bonchev–Trinajstić information content (AvgIpc) is 2.95. The Kier molecular flexibility index (Phi) is 5.45. The van der Waals surface area contributed by atoms with Gasteiger partial charge < -0.3 is 5.32 Å². The Morgan fingerprint density at radius 3 is 2.71 bits per heavy atom. The van der Waals surface area contributed by atoms with Crippen LogP contribution in [0.4, 0.5) is 9.93 Å². The molecule has 2 amide bonds. The van der Waals surface area contributed by atoms with E-state index in [4.69, 9.17) is 0 Å². The van der Waals surface area contributed by atoms with Gasteiger partial charge in [0.2, 0.25) is 0 Å². The van der Waals surface area contributed by atoms with Crippen molar-refractivity contribution in [1.29, 1.82) is 0 Å². The molecule has 0 spiro atoms. The van der Waals surface area contributed by atoms with Gasteiger partial charge in [0.25, 0.3) is 0 Å². The van der Waals surface area contributed by atoms with E-state index in [1.54, 1.807) is 5.38 Å². The summed E-state index contributed by atoms with van der Waals surface area (Å²) < 4.78 is 0. The number of hydrogen-bond acceptors (Lipinski definition) is 4. The smallest absolute Gasteiger partial charge is 0.321 e. The van der Waals surface area contributed by atoms with Crippen molar-refractivity contribution in [1.82, 2.24) is 10.3 Å². The highest BCUT2D eigenvalue weighted by molar-refractivity contribution is 7.14. The zero-order valence-corrected chi connectivity index (χ0v) is 12.6. The summed E-state index contributed by atoms with van der Waals surface area (Å²) in [5, 5.41) is 7.48. The van der Waals surface area contributed by atoms with E-state index in [1.165, 1.54) is 11.3 Å². The molecule has 0 saturated carbocycles. The lowest BCUT2D eigenvalue weighted by molar-refractivity contribution is 0.0977. The maximum Gasteiger partial charge on any atom is 0.321 e. The summed E-state index contributed by atoms with van der Waals surface area (Å²) in [4.78, 5) is 27.5. The highest BCUT2D eigenvalue weighted by Gasteiger charge is 2.11. The fraction of sp³-hybridized carbons (Fsp3) is 0.267. The normalized spacial score (nSPS) is 10.1. The molecule has 110 valence electrons. The van der Waals surface area contributed by atoms with E-state index < -0.39 is 0 Å². The van der Waals surface area contributed by atoms with Crippen molar-refractivity contribution in [3.63, 3.8) is 0 Å². The molecule has 1 aromatic heterocycles. The van der Waals surface area contributed by atoms with E-state index >= 15 is 0 Å². The number of thiazole rings is 1. The minimum Gasteiger partial charge on any atom is -0.334 e. The van der Waals surface area contributed by atoms with Crippen LogP contribution in [0.3, 0.4) is 0 Å². The van der Waals surface area contributed by atoms with Crippen LogP contribution in [0, 0.1) is 0 Å². The van der Waals surface area contributed by atoms with Gasteiger partial charge in [0, 0.05) is 18.3 Å². The Morgan fingerprint density at radius 2 is 2.00 bits per heavy atom. The van der Waals surface area contributed by atoms with Crippen LogP contribution in [0.2, 0.25) is 0 Å². The molecule has 0 atom stereocenters. The van der Waals surface area contributed by atoms with E-state index in [0.717, 1.165) is 12.0 Å². The maximum atomic E-state index is 11.8. The van der Waals surface area contributed by atoms with Crippen LogP contribution in [-0.4, -0.2) is 16.8 Å². The molecule has 0 aliphatic rings. The number of ketones is 1. The number of Topliss-reactive ketones (excluding diaryl/α,β-unsaturated/α-hetero) is 1. The first-order valence-corrected chi connectivity index (χ1v) is 7.64. The molecule has 0 unspecified atom stereocenters. The molecule has 0 saturated heterocycles. The Morgan fingerprint density at radius 1 is 1.24 bits per heavy atom. The fourth-order valence-corrected chi connectivity index (χ4v) is 2.44. The van der Waals surface area contributed by atoms with E-state index in [0.29, 0.717) is 23.8 Å². The number of carbonyl (C=O) groups is 2. The SMILES string of the molecule is CCCC(=O)c1csc(NC(=O)NCc2ccccc2)n1. The second kappa shape index (κ2) is 7.54. The lowest BCUT2D eigenvalue weighted by Crippen LogP contribution is -2.28. The molecule has 2 rings (SSSR count). The lowest BCUT2D eigenvalue weighted by Gasteiger charge is -2.05. The molecule has 0 bridgehead atoms. The van der Waals surface area contributed by atoms with Crippen LogP contribution in [0.5, 0.6) is 0 Å². The van der Waals surface area contributed by atoms with E-state index in [9.17, 15) is 9.59 Å². The molecule has 2 N–H and O–H groups in total. The van der Waals surface area contributed by atoms with Crippen molar-refractivity contribution in [2.24, 2.45) is 0 Å². The first kappa shape index (κ1) is 15.2. The predicted octanol–water partition coefficient (Wildman–Crippen LogP) is 3.45. The van der Waals surface area contributed by atoms with Crippen molar-refractivity contribution in [2.45, 2.75) is 26.3 Å². The maximum absolute atomic E-state index is 11.8. The van der Waals surface area contributed by atoms with Gasteiger partial charge in [-0.25, -0.2) is 9.78 Å². The number of nitrogens with one attached hydrogen (secondary N) is 2.